The molecule has 2 heterocycles. The summed E-state index contributed by atoms with van der Waals surface area (Å²) in [5.74, 6) is 0.143. The van der Waals surface area contributed by atoms with Crippen molar-refractivity contribution in [3.8, 4) is 11.4 Å². The van der Waals surface area contributed by atoms with Crippen molar-refractivity contribution in [2.24, 2.45) is 5.10 Å². The van der Waals surface area contributed by atoms with Crippen LogP contribution >= 0.6 is 11.8 Å². The van der Waals surface area contributed by atoms with Crippen molar-refractivity contribution in [1.29, 1.82) is 0 Å². The predicted molar refractivity (Wildman–Crippen MR) is 95.0 cm³/mol. The first-order chi connectivity index (χ1) is 12.1. The van der Waals surface area contributed by atoms with Gasteiger partial charge in [-0.3, -0.25) is 4.79 Å². The van der Waals surface area contributed by atoms with Gasteiger partial charge >= 0.3 is 5.97 Å². The first kappa shape index (κ1) is 17.0. The highest BCUT2D eigenvalue weighted by Crippen LogP contribution is 2.27. The van der Waals surface area contributed by atoms with Crippen LogP contribution in [0.2, 0.25) is 0 Å². The van der Waals surface area contributed by atoms with E-state index in [1.165, 1.54) is 4.68 Å². The number of benzene rings is 1. The Bertz CT molecular complexity index is 930. The molecule has 0 amide bonds. The maximum atomic E-state index is 10.9. The van der Waals surface area contributed by atoms with Crippen molar-refractivity contribution < 1.29 is 14.3 Å². The molecule has 3 aromatic rings. The Labute approximate surface area is 148 Å². The Kier molecular flexibility index (Phi) is 4.99. The molecule has 8 heteroatoms. The molecule has 0 fully saturated rings. The molecule has 3 rings (SSSR count). The van der Waals surface area contributed by atoms with Gasteiger partial charge in [0, 0.05) is 0 Å². The van der Waals surface area contributed by atoms with E-state index in [0.717, 1.165) is 28.5 Å². The summed E-state index contributed by atoms with van der Waals surface area (Å²) >= 11 is 1.06. The van der Waals surface area contributed by atoms with E-state index in [1.807, 2.05) is 38.1 Å². The summed E-state index contributed by atoms with van der Waals surface area (Å²) in [5, 5.41) is 22.0. The van der Waals surface area contributed by atoms with Gasteiger partial charge in [0.05, 0.1) is 23.8 Å². The number of nitrogens with zero attached hydrogens (tertiary/aromatic N) is 4. The van der Waals surface area contributed by atoms with Crippen LogP contribution in [0.5, 0.6) is 0 Å². The van der Waals surface area contributed by atoms with E-state index < -0.39 is 5.97 Å². The zero-order chi connectivity index (χ0) is 17.8. The Hall–Kier alpha value is -2.87. The Morgan fingerprint density at radius 1 is 1.32 bits per heavy atom. The number of carbonyl (C=O) groups is 1. The van der Waals surface area contributed by atoms with Gasteiger partial charge in [-0.25, -0.2) is 0 Å². The van der Waals surface area contributed by atoms with Crippen LogP contribution in [0.15, 0.2) is 51.3 Å². The van der Waals surface area contributed by atoms with E-state index in [2.05, 4.69) is 15.3 Å². The van der Waals surface area contributed by atoms with Crippen LogP contribution in [-0.4, -0.2) is 37.9 Å². The van der Waals surface area contributed by atoms with Crippen molar-refractivity contribution in [3.05, 3.63) is 53.5 Å². The predicted octanol–water partition coefficient (Wildman–Crippen LogP) is 3.21. The minimum absolute atomic E-state index is 0.123. The van der Waals surface area contributed by atoms with Crippen molar-refractivity contribution in [2.75, 3.05) is 5.75 Å². The van der Waals surface area contributed by atoms with Crippen molar-refractivity contribution in [1.82, 2.24) is 14.9 Å². The summed E-state index contributed by atoms with van der Waals surface area (Å²) in [4.78, 5) is 10.9. The van der Waals surface area contributed by atoms with E-state index >= 15 is 0 Å². The number of thioether (sulfide) groups is 1. The number of hydrogen-bond donors (Lipinski definition) is 1. The lowest BCUT2D eigenvalue weighted by atomic mass is 10.1. The molecule has 0 bridgehead atoms. The number of rotatable bonds is 6. The third kappa shape index (κ3) is 3.80. The van der Waals surface area contributed by atoms with Gasteiger partial charge in [0.2, 0.25) is 5.16 Å². The molecule has 0 aliphatic rings. The molecule has 0 aliphatic carbocycles. The monoisotopic (exact) mass is 356 g/mol. The SMILES string of the molecule is Cc1ccccc1/C=N\n1c(SCC(=O)O)nnc1-c1ccoc1C. The fourth-order valence-corrected chi connectivity index (χ4v) is 2.83. The van der Waals surface area contributed by atoms with Crippen LogP contribution in [0.1, 0.15) is 16.9 Å². The number of hydrogen-bond acceptors (Lipinski definition) is 6. The second kappa shape index (κ2) is 7.35. The molecule has 0 radical (unpaired) electrons. The molecular weight excluding hydrogens is 340 g/mol. The van der Waals surface area contributed by atoms with Crippen LogP contribution in [0.3, 0.4) is 0 Å². The van der Waals surface area contributed by atoms with Gasteiger partial charge < -0.3 is 9.52 Å². The fourth-order valence-electron chi connectivity index (χ4n) is 2.22. The average molecular weight is 356 g/mol. The van der Waals surface area contributed by atoms with E-state index in [-0.39, 0.29) is 5.75 Å². The van der Waals surface area contributed by atoms with Crippen LogP contribution < -0.4 is 0 Å². The molecule has 0 aliphatic heterocycles. The second-order valence-corrected chi connectivity index (χ2v) is 6.23. The minimum atomic E-state index is -0.927. The normalized spacial score (nSPS) is 11.3. The van der Waals surface area contributed by atoms with Gasteiger partial charge in [0.1, 0.15) is 5.76 Å². The lowest BCUT2D eigenvalue weighted by molar-refractivity contribution is -0.133. The van der Waals surface area contributed by atoms with Crippen LogP contribution in [0.4, 0.5) is 0 Å². The molecule has 2 aromatic heterocycles. The van der Waals surface area contributed by atoms with E-state index in [1.54, 1.807) is 18.5 Å². The van der Waals surface area contributed by atoms with Crippen LogP contribution in [0, 0.1) is 13.8 Å². The molecule has 25 heavy (non-hydrogen) atoms. The number of carboxylic acid groups (broad SMARTS) is 1. The van der Waals surface area contributed by atoms with Gasteiger partial charge in [-0.1, -0.05) is 36.0 Å². The van der Waals surface area contributed by atoms with Crippen molar-refractivity contribution in [2.45, 2.75) is 19.0 Å². The Morgan fingerprint density at radius 3 is 2.80 bits per heavy atom. The van der Waals surface area contributed by atoms with E-state index in [4.69, 9.17) is 9.52 Å². The highest BCUT2D eigenvalue weighted by molar-refractivity contribution is 7.99. The molecule has 0 saturated carbocycles. The number of carboxylic acids is 1. The third-order valence-corrected chi connectivity index (χ3v) is 4.44. The third-order valence-electron chi connectivity index (χ3n) is 3.54. The van der Waals surface area contributed by atoms with Crippen LogP contribution in [0.25, 0.3) is 11.4 Å². The van der Waals surface area contributed by atoms with Gasteiger partial charge in [0.15, 0.2) is 5.82 Å². The summed E-state index contributed by atoms with van der Waals surface area (Å²) in [6.07, 6.45) is 3.28. The highest BCUT2D eigenvalue weighted by Gasteiger charge is 2.18. The zero-order valence-corrected chi connectivity index (χ0v) is 14.5. The lowest BCUT2D eigenvalue weighted by Crippen LogP contribution is -2.02. The quantitative estimate of drug-likeness (QED) is 0.538. The Morgan fingerprint density at radius 2 is 2.12 bits per heavy atom. The molecule has 0 saturated heterocycles. The van der Waals surface area contributed by atoms with E-state index in [9.17, 15) is 4.79 Å². The molecule has 1 aromatic carbocycles. The highest BCUT2D eigenvalue weighted by atomic mass is 32.2. The van der Waals surface area contributed by atoms with Gasteiger partial charge in [-0.15, -0.1) is 10.2 Å². The van der Waals surface area contributed by atoms with Crippen molar-refractivity contribution in [3.63, 3.8) is 0 Å². The largest absolute Gasteiger partial charge is 0.481 e. The Balaban J connectivity index is 2.02. The molecule has 0 unspecified atom stereocenters. The standard InChI is InChI=1S/C17H16N4O3S/c1-11-5-3-4-6-13(11)9-18-21-16(14-7-8-24-12(14)2)19-20-17(21)25-10-15(22)23/h3-9H,10H2,1-2H3,(H,22,23)/b18-9-. The van der Waals surface area contributed by atoms with Gasteiger partial charge in [0.25, 0.3) is 0 Å². The molecular formula is C17H16N4O3S. The maximum Gasteiger partial charge on any atom is 0.313 e. The van der Waals surface area contributed by atoms with E-state index in [0.29, 0.717) is 16.7 Å². The summed E-state index contributed by atoms with van der Waals surface area (Å²) in [6.45, 7) is 3.82. The first-order valence-corrected chi connectivity index (χ1v) is 8.49. The second-order valence-electron chi connectivity index (χ2n) is 5.29. The summed E-state index contributed by atoms with van der Waals surface area (Å²) < 4.78 is 6.87. The molecule has 7 nitrogen and oxygen atoms in total. The maximum absolute atomic E-state index is 10.9. The summed E-state index contributed by atoms with van der Waals surface area (Å²) in [6, 6.07) is 9.62. The number of aromatic nitrogens is 3. The van der Waals surface area contributed by atoms with Gasteiger partial charge in [-0.2, -0.15) is 9.78 Å². The lowest BCUT2D eigenvalue weighted by Gasteiger charge is -2.04. The fraction of sp³-hybridized carbons (Fsp3) is 0.176. The average Bonchev–Trinajstić information content (AvgIpc) is 3.17. The van der Waals surface area contributed by atoms with Crippen molar-refractivity contribution >= 4 is 23.9 Å². The molecule has 1 N–H and O–H groups in total. The first-order valence-electron chi connectivity index (χ1n) is 7.50. The summed E-state index contributed by atoms with van der Waals surface area (Å²) in [7, 11) is 0. The summed E-state index contributed by atoms with van der Waals surface area (Å²) in [5.41, 5.74) is 2.80. The topological polar surface area (TPSA) is 93.5 Å². The molecule has 0 atom stereocenters. The van der Waals surface area contributed by atoms with Crippen LogP contribution in [-0.2, 0) is 4.79 Å². The zero-order valence-electron chi connectivity index (χ0n) is 13.7. The molecule has 128 valence electrons. The minimum Gasteiger partial charge on any atom is -0.481 e. The smallest absolute Gasteiger partial charge is 0.313 e. The van der Waals surface area contributed by atoms with Gasteiger partial charge in [-0.05, 0) is 31.0 Å². The molecule has 0 spiro atoms. The number of aliphatic carboxylic acids is 1. The number of aryl methyl sites for hydroxylation is 2. The number of furan rings is 1.